The van der Waals surface area contributed by atoms with E-state index in [1.807, 2.05) is 43.7 Å². The van der Waals surface area contributed by atoms with Gasteiger partial charge in [-0.3, -0.25) is 9.78 Å². The fourth-order valence-corrected chi connectivity index (χ4v) is 4.51. The van der Waals surface area contributed by atoms with Gasteiger partial charge < -0.3 is 9.13 Å². The zero-order valence-corrected chi connectivity index (χ0v) is 19.1. The number of aromatic nitrogens is 5. The molecule has 4 aromatic rings. The van der Waals surface area contributed by atoms with Crippen molar-refractivity contribution in [2.75, 3.05) is 5.75 Å². The Bertz CT molecular complexity index is 1230. The van der Waals surface area contributed by atoms with Crippen molar-refractivity contribution < 1.29 is 9.18 Å². The second-order valence-corrected chi connectivity index (χ2v) is 8.57. The third-order valence-corrected chi connectivity index (χ3v) is 6.54. The van der Waals surface area contributed by atoms with Gasteiger partial charge in [0.1, 0.15) is 5.82 Å². The Hall–Kier alpha value is -3.26. The van der Waals surface area contributed by atoms with Crippen molar-refractivity contribution in [2.24, 2.45) is 7.05 Å². The molecule has 0 fully saturated rings. The van der Waals surface area contributed by atoms with Gasteiger partial charge in [-0.05, 0) is 56.2 Å². The lowest BCUT2D eigenvalue weighted by Gasteiger charge is -2.10. The number of carbonyl (C=O) groups excluding carboxylic acids is 1. The lowest BCUT2D eigenvalue weighted by molar-refractivity contribution is 0.102. The molecule has 0 radical (unpaired) electrons. The van der Waals surface area contributed by atoms with Gasteiger partial charge in [0.05, 0.1) is 5.75 Å². The number of benzene rings is 1. The van der Waals surface area contributed by atoms with Crippen LogP contribution in [-0.4, -0.2) is 35.9 Å². The molecule has 0 aliphatic carbocycles. The average molecular weight is 450 g/mol. The second-order valence-electron chi connectivity index (χ2n) is 7.63. The number of Topliss-reactive ketones (excluding diaryl/α,β-unsaturated/α-hetero) is 1. The van der Waals surface area contributed by atoms with Gasteiger partial charge in [-0.2, -0.15) is 0 Å². The first-order valence-electron chi connectivity index (χ1n) is 10.3. The third-order valence-electron chi connectivity index (χ3n) is 5.52. The predicted octanol–water partition coefficient (Wildman–Crippen LogP) is 4.65. The molecule has 164 valence electrons. The lowest BCUT2D eigenvalue weighted by atomic mass is 10.1. The van der Waals surface area contributed by atoms with Crippen molar-refractivity contribution in [3.8, 4) is 11.4 Å². The van der Waals surface area contributed by atoms with E-state index in [9.17, 15) is 9.18 Å². The molecule has 0 unspecified atom stereocenters. The van der Waals surface area contributed by atoms with E-state index in [0.29, 0.717) is 5.16 Å². The molecule has 4 rings (SSSR count). The van der Waals surface area contributed by atoms with E-state index in [1.165, 1.54) is 23.9 Å². The Balaban J connectivity index is 1.42. The molecule has 8 heteroatoms. The zero-order chi connectivity index (χ0) is 22.7. The summed E-state index contributed by atoms with van der Waals surface area (Å²) in [6.07, 6.45) is 4.20. The molecular weight excluding hydrogens is 425 g/mol. The number of hydrogen-bond acceptors (Lipinski definition) is 5. The Morgan fingerprint density at radius 2 is 1.78 bits per heavy atom. The molecule has 3 aromatic heterocycles. The lowest BCUT2D eigenvalue weighted by Crippen LogP contribution is -2.08. The summed E-state index contributed by atoms with van der Waals surface area (Å²) in [6.45, 7) is 4.72. The van der Waals surface area contributed by atoms with Crippen molar-refractivity contribution in [1.82, 2.24) is 24.3 Å². The number of halogens is 1. The molecule has 6 nitrogen and oxygen atoms in total. The molecule has 0 saturated carbocycles. The Morgan fingerprint density at radius 3 is 2.50 bits per heavy atom. The summed E-state index contributed by atoms with van der Waals surface area (Å²) in [5.41, 5.74) is 4.71. The van der Waals surface area contributed by atoms with Crippen LogP contribution in [0.25, 0.3) is 11.4 Å². The van der Waals surface area contributed by atoms with Crippen molar-refractivity contribution in [3.05, 3.63) is 83.2 Å². The van der Waals surface area contributed by atoms with Gasteiger partial charge >= 0.3 is 0 Å². The molecule has 0 bridgehead atoms. The number of nitrogens with zero attached hydrogens (tertiary/aromatic N) is 5. The van der Waals surface area contributed by atoms with Crippen LogP contribution in [0.5, 0.6) is 0 Å². The molecule has 3 heterocycles. The van der Waals surface area contributed by atoms with E-state index in [4.69, 9.17) is 0 Å². The molecule has 0 aliphatic heterocycles. The minimum absolute atomic E-state index is 0.0598. The van der Waals surface area contributed by atoms with Gasteiger partial charge in [-0.1, -0.05) is 23.9 Å². The minimum atomic E-state index is -0.233. The summed E-state index contributed by atoms with van der Waals surface area (Å²) in [4.78, 5) is 17.0. The normalized spacial score (nSPS) is 11.1. The smallest absolute Gasteiger partial charge is 0.191 e. The second kappa shape index (κ2) is 9.48. The first-order chi connectivity index (χ1) is 15.4. The topological polar surface area (TPSA) is 65.6 Å². The van der Waals surface area contributed by atoms with Gasteiger partial charge in [0.15, 0.2) is 16.8 Å². The van der Waals surface area contributed by atoms with Gasteiger partial charge in [0.25, 0.3) is 0 Å². The Labute approximate surface area is 190 Å². The number of pyridine rings is 1. The molecule has 0 spiro atoms. The molecule has 32 heavy (non-hydrogen) atoms. The standard InChI is InChI=1S/C24H24FN5OS/c1-16-14-21(17(2)30(16)13-10-18-4-6-20(25)7-5-18)22(31)15-32-24-28-27-23(29(24)3)19-8-11-26-12-9-19/h4-9,11-12,14H,10,13,15H2,1-3H3. The molecule has 0 N–H and O–H groups in total. The Kier molecular flexibility index (Phi) is 6.50. The average Bonchev–Trinajstić information content (AvgIpc) is 3.31. The number of aryl methyl sites for hydroxylation is 2. The van der Waals surface area contributed by atoms with Crippen LogP contribution in [0.4, 0.5) is 4.39 Å². The van der Waals surface area contributed by atoms with E-state index in [0.717, 1.165) is 46.9 Å². The molecule has 0 aliphatic rings. The zero-order valence-electron chi connectivity index (χ0n) is 18.2. The fraction of sp³-hybridized carbons (Fsp3) is 0.250. The van der Waals surface area contributed by atoms with E-state index < -0.39 is 0 Å². The van der Waals surface area contributed by atoms with Crippen LogP contribution in [0.2, 0.25) is 0 Å². The minimum Gasteiger partial charge on any atom is -0.348 e. The van der Waals surface area contributed by atoms with Crippen molar-refractivity contribution in [2.45, 2.75) is 32.0 Å². The maximum absolute atomic E-state index is 13.1. The summed E-state index contributed by atoms with van der Waals surface area (Å²) in [5, 5.41) is 9.19. The van der Waals surface area contributed by atoms with E-state index in [-0.39, 0.29) is 17.4 Å². The maximum Gasteiger partial charge on any atom is 0.191 e. The SMILES string of the molecule is Cc1cc(C(=O)CSc2nnc(-c3ccncc3)n2C)c(C)n1CCc1ccc(F)cc1. The van der Waals surface area contributed by atoms with Gasteiger partial charge in [-0.25, -0.2) is 4.39 Å². The van der Waals surface area contributed by atoms with Crippen LogP contribution in [-0.2, 0) is 20.0 Å². The van der Waals surface area contributed by atoms with Gasteiger partial charge in [-0.15, -0.1) is 10.2 Å². The van der Waals surface area contributed by atoms with Crippen LogP contribution < -0.4 is 0 Å². The quantitative estimate of drug-likeness (QED) is 0.289. The number of thioether (sulfide) groups is 1. The van der Waals surface area contributed by atoms with Crippen molar-refractivity contribution in [1.29, 1.82) is 0 Å². The Morgan fingerprint density at radius 1 is 1.06 bits per heavy atom. The number of carbonyl (C=O) groups is 1. The van der Waals surface area contributed by atoms with E-state index >= 15 is 0 Å². The highest BCUT2D eigenvalue weighted by Crippen LogP contribution is 2.24. The van der Waals surface area contributed by atoms with Crippen LogP contribution in [0.1, 0.15) is 27.3 Å². The van der Waals surface area contributed by atoms with Gasteiger partial charge in [0.2, 0.25) is 0 Å². The maximum atomic E-state index is 13.1. The molecular formula is C24H24FN5OS. The number of ketones is 1. The van der Waals surface area contributed by atoms with E-state index in [2.05, 4.69) is 19.7 Å². The largest absolute Gasteiger partial charge is 0.348 e. The predicted molar refractivity (Wildman–Crippen MR) is 123 cm³/mol. The summed E-state index contributed by atoms with van der Waals surface area (Å²) in [5.74, 6) is 0.846. The monoisotopic (exact) mass is 449 g/mol. The van der Waals surface area contributed by atoms with Crippen molar-refractivity contribution in [3.63, 3.8) is 0 Å². The van der Waals surface area contributed by atoms with E-state index in [1.54, 1.807) is 24.5 Å². The molecule has 0 saturated heterocycles. The van der Waals surface area contributed by atoms with Crippen LogP contribution in [0.3, 0.4) is 0 Å². The first kappa shape index (κ1) is 22.0. The fourth-order valence-electron chi connectivity index (χ4n) is 3.72. The van der Waals surface area contributed by atoms with Gasteiger partial charge in [0, 0.05) is 48.5 Å². The summed E-state index contributed by atoms with van der Waals surface area (Å²) in [7, 11) is 1.89. The summed E-state index contributed by atoms with van der Waals surface area (Å²) in [6, 6.07) is 12.3. The highest BCUT2D eigenvalue weighted by molar-refractivity contribution is 7.99. The van der Waals surface area contributed by atoms with Crippen molar-refractivity contribution >= 4 is 17.5 Å². The molecule has 0 amide bonds. The van der Waals surface area contributed by atoms with Crippen LogP contribution >= 0.6 is 11.8 Å². The van der Waals surface area contributed by atoms with Crippen LogP contribution in [0.15, 0.2) is 60.0 Å². The van der Waals surface area contributed by atoms with Crippen LogP contribution in [0, 0.1) is 19.7 Å². The third kappa shape index (κ3) is 4.65. The molecule has 1 aromatic carbocycles. The molecule has 0 atom stereocenters. The highest BCUT2D eigenvalue weighted by atomic mass is 32.2. The highest BCUT2D eigenvalue weighted by Gasteiger charge is 2.18. The number of hydrogen-bond donors (Lipinski definition) is 0. The summed E-state index contributed by atoms with van der Waals surface area (Å²) >= 11 is 1.38. The first-order valence-corrected chi connectivity index (χ1v) is 11.3. The summed E-state index contributed by atoms with van der Waals surface area (Å²) < 4.78 is 17.2. The number of rotatable bonds is 8.